The molecule has 146 valence electrons. The number of H-pyrrole nitrogens is 1. The van der Waals surface area contributed by atoms with Gasteiger partial charge in [0.05, 0.1) is 12.2 Å². The summed E-state index contributed by atoms with van der Waals surface area (Å²) in [6, 6.07) is 6.27. The van der Waals surface area contributed by atoms with Gasteiger partial charge in [-0.25, -0.2) is 4.98 Å². The van der Waals surface area contributed by atoms with Crippen LogP contribution in [0.2, 0.25) is 0 Å². The van der Waals surface area contributed by atoms with Crippen molar-refractivity contribution in [1.82, 2.24) is 20.2 Å². The zero-order valence-corrected chi connectivity index (χ0v) is 16.8. The Balaban J connectivity index is 1.79. The molecule has 0 spiro atoms. The van der Waals surface area contributed by atoms with Crippen LogP contribution in [0.15, 0.2) is 24.4 Å². The second kappa shape index (κ2) is 7.14. The van der Waals surface area contributed by atoms with Crippen LogP contribution in [-0.2, 0) is 6.54 Å². The van der Waals surface area contributed by atoms with Crippen molar-refractivity contribution in [3.63, 3.8) is 0 Å². The zero-order chi connectivity index (χ0) is 19.8. The van der Waals surface area contributed by atoms with Crippen molar-refractivity contribution in [2.75, 3.05) is 23.8 Å². The van der Waals surface area contributed by atoms with Crippen molar-refractivity contribution in [3.05, 3.63) is 46.8 Å². The number of aromatic nitrogens is 4. The van der Waals surface area contributed by atoms with Crippen molar-refractivity contribution in [2.45, 2.75) is 40.2 Å². The lowest BCUT2D eigenvalue weighted by Crippen LogP contribution is -2.28. The topological polar surface area (TPSA) is 93.0 Å². The van der Waals surface area contributed by atoms with Crippen molar-refractivity contribution in [3.8, 4) is 17.0 Å². The monoisotopic (exact) mass is 378 g/mol. The minimum atomic E-state index is 0.303. The SMILES string of the molecule is Cc1cc(-c2ccn[nH]2)cc2c1OCCN(c1nc(N)nc(C)c1C(C)C)C2. The summed E-state index contributed by atoms with van der Waals surface area (Å²) in [6.45, 7) is 10.4. The summed E-state index contributed by atoms with van der Waals surface area (Å²) >= 11 is 0. The number of anilines is 2. The van der Waals surface area contributed by atoms with Crippen LogP contribution >= 0.6 is 0 Å². The van der Waals surface area contributed by atoms with E-state index in [1.165, 1.54) is 0 Å². The molecule has 0 bridgehead atoms. The maximum absolute atomic E-state index is 6.12. The lowest BCUT2D eigenvalue weighted by atomic mass is 10.0. The van der Waals surface area contributed by atoms with E-state index in [-0.39, 0.29) is 0 Å². The quantitative estimate of drug-likeness (QED) is 0.723. The summed E-state index contributed by atoms with van der Waals surface area (Å²) < 4.78 is 6.12. The van der Waals surface area contributed by atoms with Crippen LogP contribution in [0.1, 0.15) is 42.1 Å². The van der Waals surface area contributed by atoms with E-state index in [1.54, 1.807) is 6.20 Å². The molecule has 7 nitrogen and oxygen atoms in total. The van der Waals surface area contributed by atoms with Gasteiger partial charge >= 0.3 is 0 Å². The van der Waals surface area contributed by atoms with Crippen molar-refractivity contribution in [1.29, 1.82) is 0 Å². The van der Waals surface area contributed by atoms with Crippen LogP contribution in [0.4, 0.5) is 11.8 Å². The minimum absolute atomic E-state index is 0.303. The Kier molecular flexibility index (Phi) is 4.66. The highest BCUT2D eigenvalue weighted by Gasteiger charge is 2.24. The van der Waals surface area contributed by atoms with Gasteiger partial charge in [0.25, 0.3) is 0 Å². The van der Waals surface area contributed by atoms with Crippen LogP contribution < -0.4 is 15.4 Å². The summed E-state index contributed by atoms with van der Waals surface area (Å²) in [7, 11) is 0. The molecule has 0 saturated heterocycles. The van der Waals surface area contributed by atoms with Gasteiger partial charge in [-0.3, -0.25) is 5.10 Å². The molecular formula is C21H26N6O. The van der Waals surface area contributed by atoms with Gasteiger partial charge in [0.1, 0.15) is 18.2 Å². The molecule has 1 aromatic carbocycles. The van der Waals surface area contributed by atoms with Crippen LogP contribution in [0.5, 0.6) is 5.75 Å². The summed E-state index contributed by atoms with van der Waals surface area (Å²) in [5, 5.41) is 7.12. The molecule has 0 unspecified atom stereocenters. The summed E-state index contributed by atoms with van der Waals surface area (Å²) in [6.07, 6.45) is 1.76. The first kappa shape index (κ1) is 18.3. The average molecular weight is 378 g/mol. The van der Waals surface area contributed by atoms with Crippen LogP contribution in [0.3, 0.4) is 0 Å². The number of hydrogen-bond acceptors (Lipinski definition) is 6. The fourth-order valence-corrected chi connectivity index (χ4v) is 3.97. The number of nitrogens with zero attached hydrogens (tertiary/aromatic N) is 4. The van der Waals surface area contributed by atoms with Gasteiger partial charge in [-0.15, -0.1) is 0 Å². The van der Waals surface area contributed by atoms with Gasteiger partial charge in [-0.2, -0.15) is 10.1 Å². The smallest absolute Gasteiger partial charge is 0.222 e. The Morgan fingerprint density at radius 2 is 2.04 bits per heavy atom. The standard InChI is InChI=1S/C21H26N6O/c1-12(2)18-14(4)24-21(22)25-20(18)27-7-8-28-19-13(3)9-15(10-16(19)11-27)17-5-6-23-26-17/h5-6,9-10,12H,7-8,11H2,1-4H3,(H,23,26)(H2,22,24,25). The number of aryl methyl sites for hydroxylation is 2. The van der Waals surface area contributed by atoms with E-state index in [0.717, 1.165) is 51.8 Å². The van der Waals surface area contributed by atoms with E-state index >= 15 is 0 Å². The second-order valence-electron chi connectivity index (χ2n) is 7.58. The van der Waals surface area contributed by atoms with Crippen molar-refractivity contribution >= 4 is 11.8 Å². The number of aromatic amines is 1. The van der Waals surface area contributed by atoms with Gasteiger partial charge < -0.3 is 15.4 Å². The highest BCUT2D eigenvalue weighted by Crippen LogP contribution is 2.35. The van der Waals surface area contributed by atoms with E-state index in [1.807, 2.05) is 13.0 Å². The molecule has 1 aliphatic heterocycles. The Bertz CT molecular complexity index is 997. The molecule has 4 rings (SSSR count). The highest BCUT2D eigenvalue weighted by atomic mass is 16.5. The molecule has 0 amide bonds. The largest absolute Gasteiger partial charge is 0.491 e. The molecule has 3 heterocycles. The first-order chi connectivity index (χ1) is 13.4. The zero-order valence-electron chi connectivity index (χ0n) is 16.8. The number of nitrogen functional groups attached to an aromatic ring is 1. The number of rotatable bonds is 3. The van der Waals surface area contributed by atoms with Gasteiger partial charge in [-0.1, -0.05) is 13.8 Å². The van der Waals surface area contributed by atoms with Crippen molar-refractivity contribution < 1.29 is 4.74 Å². The fourth-order valence-electron chi connectivity index (χ4n) is 3.97. The highest BCUT2D eigenvalue weighted by molar-refractivity contribution is 5.65. The molecule has 0 radical (unpaired) electrons. The number of ether oxygens (including phenoxy) is 1. The molecule has 3 aromatic rings. The number of nitrogens with two attached hydrogens (primary N) is 1. The van der Waals surface area contributed by atoms with E-state index in [0.29, 0.717) is 25.0 Å². The molecule has 28 heavy (non-hydrogen) atoms. The number of nitrogens with one attached hydrogen (secondary N) is 1. The number of hydrogen-bond donors (Lipinski definition) is 2. The van der Waals surface area contributed by atoms with Gasteiger partial charge in [0, 0.05) is 35.1 Å². The Labute approximate surface area is 165 Å². The fraction of sp³-hybridized carbons (Fsp3) is 0.381. The lowest BCUT2D eigenvalue weighted by Gasteiger charge is -2.26. The van der Waals surface area contributed by atoms with Gasteiger partial charge in [0.2, 0.25) is 5.95 Å². The average Bonchev–Trinajstić information content (AvgIpc) is 3.07. The Morgan fingerprint density at radius 3 is 2.75 bits per heavy atom. The maximum Gasteiger partial charge on any atom is 0.222 e. The molecular weight excluding hydrogens is 352 g/mol. The van der Waals surface area contributed by atoms with Gasteiger partial charge in [0.15, 0.2) is 0 Å². The molecule has 0 aliphatic carbocycles. The van der Waals surface area contributed by atoms with E-state index in [9.17, 15) is 0 Å². The summed E-state index contributed by atoms with van der Waals surface area (Å²) in [4.78, 5) is 11.2. The first-order valence-corrected chi connectivity index (χ1v) is 9.59. The Morgan fingerprint density at radius 1 is 1.21 bits per heavy atom. The predicted molar refractivity (Wildman–Crippen MR) is 111 cm³/mol. The lowest BCUT2D eigenvalue weighted by molar-refractivity contribution is 0.329. The maximum atomic E-state index is 6.12. The van der Waals surface area contributed by atoms with E-state index < -0.39 is 0 Å². The van der Waals surface area contributed by atoms with Crippen LogP contribution in [0, 0.1) is 13.8 Å². The molecule has 2 aromatic heterocycles. The Hall–Kier alpha value is -3.09. The summed E-state index contributed by atoms with van der Waals surface area (Å²) in [5.74, 6) is 2.47. The van der Waals surface area contributed by atoms with Crippen molar-refractivity contribution in [2.24, 2.45) is 0 Å². The minimum Gasteiger partial charge on any atom is -0.491 e. The number of fused-ring (bicyclic) bond motifs is 1. The molecule has 0 atom stereocenters. The first-order valence-electron chi connectivity index (χ1n) is 9.59. The molecule has 0 saturated carbocycles. The van der Waals surface area contributed by atoms with Crippen LogP contribution in [-0.4, -0.2) is 33.3 Å². The predicted octanol–water partition coefficient (Wildman–Crippen LogP) is 3.59. The molecule has 0 fully saturated rings. The molecule has 1 aliphatic rings. The van der Waals surface area contributed by atoms with Crippen LogP contribution in [0.25, 0.3) is 11.3 Å². The second-order valence-corrected chi connectivity index (χ2v) is 7.58. The molecule has 7 heteroatoms. The third-order valence-corrected chi connectivity index (χ3v) is 5.14. The van der Waals surface area contributed by atoms with E-state index in [4.69, 9.17) is 10.5 Å². The third-order valence-electron chi connectivity index (χ3n) is 5.14. The van der Waals surface area contributed by atoms with E-state index in [2.05, 4.69) is 58.0 Å². The van der Waals surface area contributed by atoms with Gasteiger partial charge in [-0.05, 0) is 43.5 Å². The summed E-state index contributed by atoms with van der Waals surface area (Å²) in [5.41, 5.74) is 12.4. The number of benzene rings is 1. The normalized spacial score (nSPS) is 14.0. The third kappa shape index (κ3) is 3.28. The molecule has 3 N–H and O–H groups in total.